The summed E-state index contributed by atoms with van der Waals surface area (Å²) in [6.45, 7) is 4.87. The van der Waals surface area contributed by atoms with Crippen LogP contribution in [-0.2, 0) is 0 Å². The highest BCUT2D eigenvalue weighted by atomic mass is 19.1. The maximum absolute atomic E-state index is 13.9. The molecule has 0 unspecified atom stereocenters. The van der Waals surface area contributed by atoms with E-state index in [2.05, 4.69) is 15.2 Å². The predicted molar refractivity (Wildman–Crippen MR) is 96.6 cm³/mol. The van der Waals surface area contributed by atoms with Gasteiger partial charge in [0.05, 0.1) is 24.8 Å². The average molecular weight is 356 g/mol. The lowest BCUT2D eigenvalue weighted by Gasteiger charge is -2.14. The molecule has 0 fully saturated rings. The summed E-state index contributed by atoms with van der Waals surface area (Å²) in [6, 6.07) is 11.3. The number of ether oxygens (including phenoxy) is 2. The van der Waals surface area contributed by atoms with Gasteiger partial charge in [-0.15, -0.1) is 0 Å². The van der Waals surface area contributed by atoms with Crippen LogP contribution in [0.4, 0.5) is 4.39 Å². The molecule has 3 rings (SSSR count). The third-order valence-corrected chi connectivity index (χ3v) is 3.84. The van der Waals surface area contributed by atoms with Gasteiger partial charge in [0, 0.05) is 0 Å². The molecule has 0 radical (unpaired) electrons. The number of nitrogens with zero attached hydrogens (tertiary/aromatic N) is 2. The molecular formula is C19H21FN4O2. The molecule has 6 nitrogen and oxygen atoms in total. The summed E-state index contributed by atoms with van der Waals surface area (Å²) >= 11 is 0. The van der Waals surface area contributed by atoms with Gasteiger partial charge < -0.3 is 15.2 Å². The lowest BCUT2D eigenvalue weighted by molar-refractivity contribution is 0.287. The Morgan fingerprint density at radius 1 is 1.08 bits per heavy atom. The summed E-state index contributed by atoms with van der Waals surface area (Å²) in [5.41, 5.74) is 7.42. The maximum atomic E-state index is 13.9. The summed E-state index contributed by atoms with van der Waals surface area (Å²) in [6.07, 6.45) is 0. The van der Waals surface area contributed by atoms with Crippen LogP contribution in [0.1, 0.15) is 31.3 Å². The minimum atomic E-state index is -0.557. The average Bonchev–Trinajstić information content (AvgIpc) is 3.13. The highest BCUT2D eigenvalue weighted by Crippen LogP contribution is 2.31. The first-order valence-electron chi connectivity index (χ1n) is 8.46. The van der Waals surface area contributed by atoms with Crippen LogP contribution in [0.5, 0.6) is 11.5 Å². The number of H-pyrrole nitrogens is 1. The van der Waals surface area contributed by atoms with Gasteiger partial charge >= 0.3 is 0 Å². The highest BCUT2D eigenvalue weighted by Gasteiger charge is 2.18. The van der Waals surface area contributed by atoms with Crippen LogP contribution in [0.25, 0.3) is 11.4 Å². The quantitative estimate of drug-likeness (QED) is 0.677. The molecule has 7 heteroatoms. The highest BCUT2D eigenvalue weighted by molar-refractivity contribution is 5.55. The Kier molecular flexibility index (Phi) is 5.48. The molecular weight excluding hydrogens is 335 g/mol. The topological polar surface area (TPSA) is 86.0 Å². The van der Waals surface area contributed by atoms with Crippen molar-refractivity contribution in [3.8, 4) is 22.9 Å². The second-order valence-electron chi connectivity index (χ2n) is 5.57. The first-order valence-corrected chi connectivity index (χ1v) is 8.46. The van der Waals surface area contributed by atoms with Gasteiger partial charge in [0.2, 0.25) is 0 Å². The predicted octanol–water partition coefficient (Wildman–Crippen LogP) is 3.46. The van der Waals surface area contributed by atoms with E-state index in [1.165, 1.54) is 6.07 Å². The number of nitrogens with two attached hydrogens (primary N) is 1. The third kappa shape index (κ3) is 3.67. The van der Waals surface area contributed by atoms with Gasteiger partial charge in [-0.1, -0.05) is 18.2 Å². The molecule has 1 aromatic heterocycles. The molecule has 0 aliphatic carbocycles. The van der Waals surface area contributed by atoms with E-state index in [9.17, 15) is 4.39 Å². The van der Waals surface area contributed by atoms with Crippen LogP contribution in [0, 0.1) is 5.82 Å². The molecule has 26 heavy (non-hydrogen) atoms. The van der Waals surface area contributed by atoms with Crippen LogP contribution in [0.3, 0.4) is 0 Å². The zero-order chi connectivity index (χ0) is 18.5. The fourth-order valence-corrected chi connectivity index (χ4v) is 2.60. The third-order valence-electron chi connectivity index (χ3n) is 3.84. The summed E-state index contributed by atoms with van der Waals surface area (Å²) < 4.78 is 25.1. The largest absolute Gasteiger partial charge is 0.490 e. The summed E-state index contributed by atoms with van der Waals surface area (Å²) in [5, 5.41) is 6.88. The molecule has 136 valence electrons. The van der Waals surface area contributed by atoms with Crippen LogP contribution >= 0.6 is 0 Å². The zero-order valence-corrected chi connectivity index (χ0v) is 14.7. The van der Waals surface area contributed by atoms with Crippen molar-refractivity contribution in [2.24, 2.45) is 5.73 Å². The number of aromatic amines is 1. The Morgan fingerprint density at radius 2 is 1.81 bits per heavy atom. The van der Waals surface area contributed by atoms with Crippen LogP contribution in [0.2, 0.25) is 0 Å². The van der Waals surface area contributed by atoms with Crippen LogP contribution < -0.4 is 15.2 Å². The molecule has 2 aromatic carbocycles. The van der Waals surface area contributed by atoms with E-state index >= 15 is 0 Å². The summed E-state index contributed by atoms with van der Waals surface area (Å²) in [5.74, 6) is 1.61. The van der Waals surface area contributed by atoms with Gasteiger partial charge in [0.15, 0.2) is 17.3 Å². The standard InChI is InChI=1S/C19H21FN4O2/c1-3-25-15-10-9-12(11-16(15)26-4-2)17(21)19-22-18(23-24-19)13-7-5-6-8-14(13)20/h5-11,17H,3-4,21H2,1-2H3,(H,22,23,24)/t17-/m1/s1. The number of nitrogens with one attached hydrogen (secondary N) is 1. The van der Waals surface area contributed by atoms with Crippen molar-refractivity contribution in [1.29, 1.82) is 0 Å². The molecule has 0 saturated heterocycles. The first-order chi connectivity index (χ1) is 12.6. The fraction of sp³-hybridized carbons (Fsp3) is 0.263. The molecule has 0 spiro atoms. The molecule has 0 aliphatic rings. The molecule has 0 aliphatic heterocycles. The molecule has 3 aromatic rings. The van der Waals surface area contributed by atoms with Gasteiger partial charge in [-0.25, -0.2) is 9.37 Å². The minimum absolute atomic E-state index is 0.268. The molecule has 0 saturated carbocycles. The minimum Gasteiger partial charge on any atom is -0.490 e. The smallest absolute Gasteiger partial charge is 0.184 e. The van der Waals surface area contributed by atoms with Crippen molar-refractivity contribution in [2.75, 3.05) is 13.2 Å². The Hall–Kier alpha value is -2.93. The summed E-state index contributed by atoms with van der Waals surface area (Å²) in [7, 11) is 0. The normalized spacial score (nSPS) is 12.0. The Bertz CT molecular complexity index is 881. The van der Waals surface area contributed by atoms with E-state index in [0.717, 1.165) is 5.56 Å². The Balaban J connectivity index is 1.89. The van der Waals surface area contributed by atoms with Crippen LogP contribution in [-0.4, -0.2) is 28.4 Å². The lowest BCUT2D eigenvalue weighted by atomic mass is 10.1. The van der Waals surface area contributed by atoms with Crippen molar-refractivity contribution in [3.63, 3.8) is 0 Å². The van der Waals surface area contributed by atoms with Crippen molar-refractivity contribution >= 4 is 0 Å². The lowest BCUT2D eigenvalue weighted by Crippen LogP contribution is -2.14. The van der Waals surface area contributed by atoms with Crippen molar-refractivity contribution in [3.05, 3.63) is 59.7 Å². The Morgan fingerprint density at radius 3 is 2.54 bits per heavy atom. The van der Waals surface area contributed by atoms with Gasteiger partial charge in [-0.2, -0.15) is 5.10 Å². The molecule has 1 heterocycles. The van der Waals surface area contributed by atoms with E-state index in [4.69, 9.17) is 15.2 Å². The fourth-order valence-electron chi connectivity index (χ4n) is 2.60. The van der Waals surface area contributed by atoms with Gasteiger partial charge in [-0.3, -0.25) is 5.10 Å². The van der Waals surface area contributed by atoms with Crippen LogP contribution in [0.15, 0.2) is 42.5 Å². The number of benzene rings is 2. The molecule has 3 N–H and O–H groups in total. The number of aromatic nitrogens is 3. The van der Waals surface area contributed by atoms with Crippen molar-refractivity contribution in [1.82, 2.24) is 15.2 Å². The van der Waals surface area contributed by atoms with E-state index in [-0.39, 0.29) is 11.6 Å². The van der Waals surface area contributed by atoms with E-state index in [1.807, 2.05) is 32.0 Å². The first kappa shape index (κ1) is 17.9. The zero-order valence-electron chi connectivity index (χ0n) is 14.7. The summed E-state index contributed by atoms with van der Waals surface area (Å²) in [4.78, 5) is 4.35. The molecule has 1 atom stereocenters. The second kappa shape index (κ2) is 7.97. The van der Waals surface area contributed by atoms with Crippen molar-refractivity contribution in [2.45, 2.75) is 19.9 Å². The monoisotopic (exact) mass is 356 g/mol. The van der Waals surface area contributed by atoms with Gasteiger partial charge in [-0.05, 0) is 43.7 Å². The molecule has 0 amide bonds. The van der Waals surface area contributed by atoms with Crippen molar-refractivity contribution < 1.29 is 13.9 Å². The van der Waals surface area contributed by atoms with E-state index in [1.54, 1.807) is 18.2 Å². The number of hydrogen-bond donors (Lipinski definition) is 2. The SMILES string of the molecule is CCOc1ccc([C@@H](N)c2nc(-c3ccccc3F)n[nH]2)cc1OCC. The number of hydrogen-bond acceptors (Lipinski definition) is 5. The van der Waals surface area contributed by atoms with Gasteiger partial charge in [0.1, 0.15) is 11.6 Å². The van der Waals surface area contributed by atoms with Gasteiger partial charge in [0.25, 0.3) is 0 Å². The Labute approximate surface area is 151 Å². The number of rotatable bonds is 7. The second-order valence-corrected chi connectivity index (χ2v) is 5.57. The van der Waals surface area contributed by atoms with E-state index < -0.39 is 6.04 Å². The number of halogens is 1. The van der Waals surface area contributed by atoms with E-state index in [0.29, 0.717) is 36.1 Å². The molecule has 0 bridgehead atoms. The maximum Gasteiger partial charge on any atom is 0.184 e.